The first-order valence-corrected chi connectivity index (χ1v) is 6.59. The molecular weight excluding hydrogens is 246 g/mol. The number of rotatable bonds is 2. The Morgan fingerprint density at radius 3 is 2.85 bits per heavy atom. The van der Waals surface area contributed by atoms with Crippen LogP contribution in [0.5, 0.6) is 0 Å². The number of anilines is 1. The molecular formula is C17H13N3. The van der Waals surface area contributed by atoms with Crippen molar-refractivity contribution in [3.63, 3.8) is 0 Å². The normalized spacial score (nSPS) is 17.5. The molecule has 0 saturated carbocycles. The largest absolute Gasteiger partial charge is 0.347 e. The average molecular weight is 259 g/mol. The van der Waals surface area contributed by atoms with E-state index in [1.54, 1.807) is 0 Å². The van der Waals surface area contributed by atoms with Gasteiger partial charge in [0.05, 0.1) is 5.71 Å². The van der Waals surface area contributed by atoms with Gasteiger partial charge < -0.3 is 4.98 Å². The van der Waals surface area contributed by atoms with E-state index in [1.165, 1.54) is 22.3 Å². The smallest absolute Gasteiger partial charge is 0.123 e. The van der Waals surface area contributed by atoms with Crippen molar-refractivity contribution in [1.29, 1.82) is 0 Å². The first kappa shape index (κ1) is 11.1. The summed E-state index contributed by atoms with van der Waals surface area (Å²) in [5.74, 6) is 0.887. The van der Waals surface area contributed by atoms with E-state index in [1.807, 2.05) is 30.5 Å². The summed E-state index contributed by atoms with van der Waals surface area (Å²) in [5.41, 5.74) is 8.95. The van der Waals surface area contributed by atoms with Gasteiger partial charge in [0, 0.05) is 11.8 Å². The molecule has 0 aliphatic heterocycles. The standard InChI is InChI=1S/C17H13N3/c1-2-6-13-12(5-1)11-15-14(13)7-3-8-16(15)19-20-17-9-4-10-18-17/h1-11,18,20H. The van der Waals surface area contributed by atoms with Crippen LogP contribution in [0.25, 0.3) is 11.6 Å². The quantitative estimate of drug-likeness (QED) is 0.790. The molecule has 0 atom stereocenters. The van der Waals surface area contributed by atoms with E-state index >= 15 is 0 Å². The van der Waals surface area contributed by atoms with E-state index in [0.717, 1.165) is 11.5 Å². The van der Waals surface area contributed by atoms with Gasteiger partial charge in [-0.2, -0.15) is 5.10 Å². The summed E-state index contributed by atoms with van der Waals surface area (Å²) in [5, 5.41) is 4.49. The molecule has 0 spiro atoms. The lowest BCUT2D eigenvalue weighted by Gasteiger charge is -2.11. The Bertz CT molecular complexity index is 774. The SMILES string of the molecule is C1=CC(=NNc2ccc[nH]2)C2=Cc3ccccc3C2=C1. The molecule has 96 valence electrons. The molecule has 0 radical (unpaired) electrons. The van der Waals surface area contributed by atoms with Crippen molar-refractivity contribution >= 4 is 23.2 Å². The highest BCUT2D eigenvalue weighted by Crippen LogP contribution is 2.37. The molecule has 2 aliphatic carbocycles. The second-order valence-electron chi connectivity index (χ2n) is 4.78. The number of aromatic nitrogens is 1. The molecule has 1 heterocycles. The fraction of sp³-hybridized carbons (Fsp3) is 0. The van der Waals surface area contributed by atoms with Gasteiger partial charge in [-0.3, -0.25) is 5.43 Å². The number of hydrogen-bond acceptors (Lipinski definition) is 2. The van der Waals surface area contributed by atoms with Gasteiger partial charge in [-0.1, -0.05) is 36.4 Å². The van der Waals surface area contributed by atoms with Crippen LogP contribution in [-0.4, -0.2) is 10.7 Å². The van der Waals surface area contributed by atoms with Crippen molar-refractivity contribution in [3.05, 3.63) is 77.5 Å². The monoisotopic (exact) mass is 259 g/mol. The van der Waals surface area contributed by atoms with Crippen molar-refractivity contribution < 1.29 is 0 Å². The second-order valence-corrected chi connectivity index (χ2v) is 4.78. The van der Waals surface area contributed by atoms with Crippen molar-refractivity contribution in [1.82, 2.24) is 4.98 Å². The zero-order valence-corrected chi connectivity index (χ0v) is 10.8. The van der Waals surface area contributed by atoms with Crippen molar-refractivity contribution in [2.45, 2.75) is 0 Å². The van der Waals surface area contributed by atoms with Gasteiger partial charge in [-0.15, -0.1) is 0 Å². The van der Waals surface area contributed by atoms with E-state index in [0.29, 0.717) is 0 Å². The zero-order valence-electron chi connectivity index (χ0n) is 10.8. The van der Waals surface area contributed by atoms with Crippen LogP contribution >= 0.6 is 0 Å². The molecule has 3 nitrogen and oxygen atoms in total. The lowest BCUT2D eigenvalue weighted by molar-refractivity contribution is 1.26. The minimum absolute atomic E-state index is 0.887. The van der Waals surface area contributed by atoms with Gasteiger partial charge in [-0.05, 0) is 41.0 Å². The van der Waals surface area contributed by atoms with Gasteiger partial charge in [0.2, 0.25) is 0 Å². The summed E-state index contributed by atoms with van der Waals surface area (Å²) in [6.07, 6.45) is 10.3. The molecule has 2 aromatic rings. The first-order valence-electron chi connectivity index (χ1n) is 6.59. The number of aromatic amines is 1. The van der Waals surface area contributed by atoms with Crippen molar-refractivity contribution in [3.8, 4) is 0 Å². The molecule has 2 N–H and O–H groups in total. The maximum absolute atomic E-state index is 4.49. The highest BCUT2D eigenvalue weighted by molar-refractivity contribution is 6.26. The van der Waals surface area contributed by atoms with E-state index in [2.05, 4.69) is 51.9 Å². The van der Waals surface area contributed by atoms with Crippen LogP contribution < -0.4 is 5.43 Å². The third-order valence-corrected chi connectivity index (χ3v) is 3.53. The summed E-state index contributed by atoms with van der Waals surface area (Å²) >= 11 is 0. The Hall–Kier alpha value is -2.81. The third-order valence-electron chi connectivity index (χ3n) is 3.53. The van der Waals surface area contributed by atoms with E-state index in [9.17, 15) is 0 Å². The molecule has 4 rings (SSSR count). The predicted octanol–water partition coefficient (Wildman–Crippen LogP) is 3.83. The number of benzene rings is 1. The van der Waals surface area contributed by atoms with E-state index in [-0.39, 0.29) is 0 Å². The fourth-order valence-corrected chi connectivity index (χ4v) is 2.58. The Kier molecular flexibility index (Phi) is 2.42. The summed E-state index contributed by atoms with van der Waals surface area (Å²) in [6, 6.07) is 12.3. The lowest BCUT2D eigenvalue weighted by atomic mass is 9.96. The second kappa shape index (κ2) is 4.38. The number of nitrogens with one attached hydrogen (secondary N) is 2. The molecule has 0 saturated heterocycles. The molecule has 1 aromatic heterocycles. The topological polar surface area (TPSA) is 40.2 Å². The summed E-state index contributed by atoms with van der Waals surface area (Å²) in [4.78, 5) is 3.08. The van der Waals surface area contributed by atoms with E-state index < -0.39 is 0 Å². The number of allylic oxidation sites excluding steroid dienone is 5. The van der Waals surface area contributed by atoms with Crippen LogP contribution in [0.2, 0.25) is 0 Å². The molecule has 0 fully saturated rings. The molecule has 1 aromatic carbocycles. The fourth-order valence-electron chi connectivity index (χ4n) is 2.58. The number of hydrazone groups is 1. The van der Waals surface area contributed by atoms with Crippen LogP contribution in [-0.2, 0) is 0 Å². The van der Waals surface area contributed by atoms with Crippen molar-refractivity contribution in [2.24, 2.45) is 5.10 Å². The van der Waals surface area contributed by atoms with Gasteiger partial charge >= 0.3 is 0 Å². The molecule has 0 bridgehead atoms. The lowest BCUT2D eigenvalue weighted by Crippen LogP contribution is -2.05. The predicted molar refractivity (Wildman–Crippen MR) is 83.4 cm³/mol. The van der Waals surface area contributed by atoms with Crippen LogP contribution in [0.4, 0.5) is 5.82 Å². The van der Waals surface area contributed by atoms with Gasteiger partial charge in [0.25, 0.3) is 0 Å². The summed E-state index contributed by atoms with van der Waals surface area (Å²) in [7, 11) is 0. The number of hydrogen-bond donors (Lipinski definition) is 2. The molecule has 2 aliphatic rings. The highest BCUT2D eigenvalue weighted by atomic mass is 15.3. The summed E-state index contributed by atoms with van der Waals surface area (Å²) in [6.45, 7) is 0. The van der Waals surface area contributed by atoms with Gasteiger partial charge in [0.1, 0.15) is 5.82 Å². The minimum atomic E-state index is 0.887. The number of fused-ring (bicyclic) bond motifs is 3. The zero-order chi connectivity index (χ0) is 13.4. The molecule has 20 heavy (non-hydrogen) atoms. The van der Waals surface area contributed by atoms with Crippen molar-refractivity contribution in [2.75, 3.05) is 5.43 Å². The Morgan fingerprint density at radius 2 is 1.95 bits per heavy atom. The van der Waals surface area contributed by atoms with E-state index in [4.69, 9.17) is 0 Å². The molecule has 0 amide bonds. The Balaban J connectivity index is 1.71. The van der Waals surface area contributed by atoms with Crippen LogP contribution in [0, 0.1) is 0 Å². The maximum atomic E-state index is 4.49. The summed E-state index contributed by atoms with van der Waals surface area (Å²) < 4.78 is 0. The van der Waals surface area contributed by atoms with Crippen LogP contribution in [0.3, 0.4) is 0 Å². The van der Waals surface area contributed by atoms with Gasteiger partial charge in [-0.25, -0.2) is 0 Å². The number of nitrogens with zero attached hydrogens (tertiary/aromatic N) is 1. The third kappa shape index (κ3) is 1.72. The van der Waals surface area contributed by atoms with Gasteiger partial charge in [0.15, 0.2) is 0 Å². The van der Waals surface area contributed by atoms with Crippen LogP contribution in [0.1, 0.15) is 11.1 Å². The Labute approximate surface area is 117 Å². The number of H-pyrrole nitrogens is 1. The molecule has 3 heteroatoms. The Morgan fingerprint density at radius 1 is 1.00 bits per heavy atom. The maximum Gasteiger partial charge on any atom is 0.123 e. The first-order chi connectivity index (χ1) is 9.92. The minimum Gasteiger partial charge on any atom is -0.347 e. The molecule has 0 unspecified atom stereocenters. The van der Waals surface area contributed by atoms with Crippen LogP contribution in [0.15, 0.2) is 71.5 Å². The average Bonchev–Trinajstić information content (AvgIpc) is 3.12. The highest BCUT2D eigenvalue weighted by Gasteiger charge is 2.22.